The van der Waals surface area contributed by atoms with Gasteiger partial charge in [0.05, 0.1) is 15.6 Å². The number of benzene rings is 1. The van der Waals surface area contributed by atoms with Crippen molar-refractivity contribution in [1.29, 1.82) is 0 Å². The van der Waals surface area contributed by atoms with Gasteiger partial charge in [-0.2, -0.15) is 0 Å². The highest BCUT2D eigenvalue weighted by atomic mass is 35.5. The zero-order chi connectivity index (χ0) is 13.0. The molecule has 0 saturated carbocycles. The molecule has 0 saturated heterocycles. The first-order chi connectivity index (χ1) is 7.91. The van der Waals surface area contributed by atoms with Gasteiger partial charge in [-0.15, -0.1) is 0 Å². The molecule has 5 nitrogen and oxygen atoms in total. The second-order valence-corrected chi connectivity index (χ2v) is 5.54. The fraction of sp³-hybridized carbons (Fsp3) is 0.400. The predicted molar refractivity (Wildman–Crippen MR) is 70.3 cm³/mol. The van der Waals surface area contributed by atoms with Crippen LogP contribution in [0.4, 0.5) is 11.4 Å². The highest BCUT2D eigenvalue weighted by Gasteiger charge is 2.14. The molecular weight excluding hydrogens is 264 g/mol. The van der Waals surface area contributed by atoms with Gasteiger partial charge in [-0.25, -0.2) is 0 Å². The Morgan fingerprint density at radius 1 is 1.53 bits per heavy atom. The molecule has 0 aliphatic rings. The lowest BCUT2D eigenvalue weighted by Gasteiger charge is -2.08. The van der Waals surface area contributed by atoms with Gasteiger partial charge in [0.1, 0.15) is 0 Å². The number of hydrogen-bond acceptors (Lipinski definition) is 4. The maximum Gasteiger partial charge on any atom is 0.273 e. The van der Waals surface area contributed by atoms with E-state index in [1.54, 1.807) is 19.2 Å². The first kappa shape index (κ1) is 13.9. The molecule has 0 radical (unpaired) electrons. The average molecular weight is 277 g/mol. The van der Waals surface area contributed by atoms with Crippen LogP contribution in [0.5, 0.6) is 0 Å². The number of nitro groups is 1. The van der Waals surface area contributed by atoms with Crippen molar-refractivity contribution >= 4 is 33.8 Å². The van der Waals surface area contributed by atoms with Crippen LogP contribution < -0.4 is 5.32 Å². The van der Waals surface area contributed by atoms with Gasteiger partial charge in [0.2, 0.25) is 0 Å². The molecule has 7 heteroatoms. The predicted octanol–water partition coefficient (Wildman–Crippen LogP) is 2.35. The molecule has 0 fully saturated rings. The van der Waals surface area contributed by atoms with Crippen LogP contribution in [-0.2, 0) is 10.8 Å². The molecule has 1 N–H and O–H groups in total. The van der Waals surface area contributed by atoms with Crippen LogP contribution in [0.1, 0.15) is 5.56 Å². The summed E-state index contributed by atoms with van der Waals surface area (Å²) in [6, 6.07) is 2.95. The van der Waals surface area contributed by atoms with Gasteiger partial charge in [-0.1, -0.05) is 11.6 Å². The van der Waals surface area contributed by atoms with Gasteiger partial charge in [-0.05, 0) is 13.0 Å². The van der Waals surface area contributed by atoms with Crippen LogP contribution in [0.15, 0.2) is 12.1 Å². The Morgan fingerprint density at radius 3 is 2.71 bits per heavy atom. The number of halogens is 1. The topological polar surface area (TPSA) is 72.2 Å². The molecule has 0 heterocycles. The van der Waals surface area contributed by atoms with E-state index in [0.717, 1.165) is 0 Å². The maximum absolute atomic E-state index is 10.9. The van der Waals surface area contributed by atoms with E-state index in [1.165, 1.54) is 6.07 Å². The van der Waals surface area contributed by atoms with E-state index in [2.05, 4.69) is 5.32 Å². The van der Waals surface area contributed by atoms with Gasteiger partial charge in [0.15, 0.2) is 0 Å². The minimum atomic E-state index is -0.877. The Morgan fingerprint density at radius 2 is 2.18 bits per heavy atom. The first-order valence-corrected chi connectivity index (χ1v) is 7.00. The summed E-state index contributed by atoms with van der Waals surface area (Å²) < 4.78 is 10.9. The fourth-order valence-corrected chi connectivity index (χ4v) is 1.95. The van der Waals surface area contributed by atoms with Crippen molar-refractivity contribution in [2.75, 3.05) is 23.9 Å². The lowest BCUT2D eigenvalue weighted by molar-refractivity contribution is -0.385. The number of anilines is 1. The molecule has 1 atom stereocenters. The van der Waals surface area contributed by atoms with Gasteiger partial charge < -0.3 is 5.32 Å². The number of nitrogens with one attached hydrogen (secondary N) is 1. The number of rotatable bonds is 5. The lowest BCUT2D eigenvalue weighted by Crippen LogP contribution is -2.10. The summed E-state index contributed by atoms with van der Waals surface area (Å²) in [5.41, 5.74) is 1.17. The van der Waals surface area contributed by atoms with Crippen LogP contribution in [-0.4, -0.2) is 27.7 Å². The van der Waals surface area contributed by atoms with Gasteiger partial charge in [0, 0.05) is 41.0 Å². The number of nitro benzene ring substituents is 1. The van der Waals surface area contributed by atoms with Crippen molar-refractivity contribution < 1.29 is 9.13 Å². The monoisotopic (exact) mass is 276 g/mol. The third-order valence-corrected chi connectivity index (χ3v) is 3.28. The molecule has 0 bridgehead atoms. The zero-order valence-electron chi connectivity index (χ0n) is 9.53. The molecular formula is C10H13ClN2O3S. The quantitative estimate of drug-likeness (QED) is 0.662. The third kappa shape index (κ3) is 3.98. The highest BCUT2D eigenvalue weighted by molar-refractivity contribution is 7.84. The number of nitrogens with zero attached hydrogens (tertiary/aromatic N) is 1. The summed E-state index contributed by atoms with van der Waals surface area (Å²) in [4.78, 5) is 10.2. The zero-order valence-corrected chi connectivity index (χ0v) is 11.1. The maximum atomic E-state index is 10.9. The summed E-state index contributed by atoms with van der Waals surface area (Å²) in [6.07, 6.45) is 1.62. The molecule has 1 rings (SSSR count). The number of hydrogen-bond donors (Lipinski definition) is 1. The highest BCUT2D eigenvalue weighted by Crippen LogP contribution is 2.30. The molecule has 17 heavy (non-hydrogen) atoms. The van der Waals surface area contributed by atoms with Crippen molar-refractivity contribution in [2.45, 2.75) is 6.92 Å². The first-order valence-electron chi connectivity index (χ1n) is 4.90. The SMILES string of the molecule is Cc1cc(NCC[S@@](C)=O)c(Cl)cc1[N+](=O)[O-]. The second kappa shape index (κ2) is 5.97. The molecule has 0 aliphatic carbocycles. The molecule has 0 aliphatic heterocycles. The van der Waals surface area contributed by atoms with E-state index < -0.39 is 15.7 Å². The Bertz CT molecular complexity index is 465. The standard InChI is InChI=1S/C10H13ClN2O3S/c1-7-5-9(12-3-4-17(2)16)8(11)6-10(7)13(14)15/h5-6,12H,3-4H2,1-2H3/t17-/m1/s1. The Kier molecular flexibility index (Phi) is 4.89. The minimum Gasteiger partial charge on any atom is -0.383 e. The molecule has 0 aromatic heterocycles. The smallest absolute Gasteiger partial charge is 0.273 e. The molecule has 1 aromatic carbocycles. The second-order valence-electron chi connectivity index (χ2n) is 3.58. The van der Waals surface area contributed by atoms with Gasteiger partial charge in [0.25, 0.3) is 5.69 Å². The van der Waals surface area contributed by atoms with Gasteiger partial charge in [-0.3, -0.25) is 14.3 Å². The number of aryl methyl sites for hydroxylation is 1. The van der Waals surface area contributed by atoms with E-state index in [0.29, 0.717) is 28.6 Å². The van der Waals surface area contributed by atoms with E-state index in [4.69, 9.17) is 11.6 Å². The summed E-state index contributed by atoms with van der Waals surface area (Å²) in [6.45, 7) is 2.16. The van der Waals surface area contributed by atoms with E-state index >= 15 is 0 Å². The van der Waals surface area contributed by atoms with Crippen LogP contribution in [0, 0.1) is 17.0 Å². The van der Waals surface area contributed by atoms with Crippen molar-refractivity contribution in [3.05, 3.63) is 32.8 Å². The van der Waals surface area contributed by atoms with Crippen LogP contribution in [0.2, 0.25) is 5.02 Å². The lowest BCUT2D eigenvalue weighted by atomic mass is 10.2. The van der Waals surface area contributed by atoms with Crippen LogP contribution in [0.25, 0.3) is 0 Å². The van der Waals surface area contributed by atoms with E-state index in [9.17, 15) is 14.3 Å². The van der Waals surface area contributed by atoms with E-state index in [1.807, 2.05) is 0 Å². The summed E-state index contributed by atoms with van der Waals surface area (Å²) in [7, 11) is -0.877. The van der Waals surface area contributed by atoms with Crippen molar-refractivity contribution in [3.8, 4) is 0 Å². The summed E-state index contributed by atoms with van der Waals surface area (Å²) >= 11 is 5.92. The fourth-order valence-electron chi connectivity index (χ4n) is 1.33. The third-order valence-electron chi connectivity index (χ3n) is 2.19. The Labute approximate surface area is 107 Å². The summed E-state index contributed by atoms with van der Waals surface area (Å²) in [5, 5.41) is 14.0. The Hall–Kier alpha value is -1.14. The molecule has 0 unspecified atom stereocenters. The largest absolute Gasteiger partial charge is 0.383 e. The van der Waals surface area contributed by atoms with E-state index in [-0.39, 0.29) is 5.69 Å². The van der Waals surface area contributed by atoms with Crippen molar-refractivity contribution in [1.82, 2.24) is 0 Å². The van der Waals surface area contributed by atoms with Crippen molar-refractivity contribution in [3.63, 3.8) is 0 Å². The average Bonchev–Trinajstić information content (AvgIpc) is 2.21. The molecule has 0 amide bonds. The van der Waals surface area contributed by atoms with Gasteiger partial charge >= 0.3 is 0 Å². The van der Waals surface area contributed by atoms with Crippen molar-refractivity contribution in [2.24, 2.45) is 0 Å². The molecule has 0 spiro atoms. The van der Waals surface area contributed by atoms with Crippen LogP contribution in [0.3, 0.4) is 0 Å². The Balaban J connectivity index is 2.84. The van der Waals surface area contributed by atoms with Crippen LogP contribution >= 0.6 is 11.6 Å². The minimum absolute atomic E-state index is 0.000354. The molecule has 1 aromatic rings. The summed E-state index contributed by atoms with van der Waals surface area (Å²) in [5.74, 6) is 0.506. The normalized spacial score (nSPS) is 12.2. The molecule has 94 valence electrons.